The average molecular weight is 427 g/mol. The van der Waals surface area contributed by atoms with E-state index in [4.69, 9.17) is 0 Å². The Morgan fingerprint density at radius 2 is 1.13 bits per heavy atom. The van der Waals surface area contributed by atoms with Gasteiger partial charge in [0.25, 0.3) is 0 Å². The van der Waals surface area contributed by atoms with Crippen LogP contribution < -0.4 is 9.47 Å². The Labute approximate surface area is 165 Å². The van der Waals surface area contributed by atoms with E-state index in [-0.39, 0.29) is 11.4 Å². The highest BCUT2D eigenvalue weighted by Gasteiger charge is 2.31. The molecule has 0 aliphatic heterocycles. The van der Waals surface area contributed by atoms with Crippen molar-refractivity contribution in [3.05, 3.63) is 66.4 Å². The molecule has 3 aromatic rings. The van der Waals surface area contributed by atoms with Gasteiger partial charge in [-0.3, -0.25) is 4.79 Å². The van der Waals surface area contributed by atoms with Crippen LogP contribution in [0.25, 0.3) is 22.4 Å². The molecule has 0 saturated heterocycles. The summed E-state index contributed by atoms with van der Waals surface area (Å²) in [6.07, 6.45) is -9.18. The lowest BCUT2D eigenvalue weighted by Gasteiger charge is -2.13. The summed E-state index contributed by atoms with van der Waals surface area (Å²) < 4.78 is 81.6. The molecule has 0 bridgehead atoms. The molecule has 156 valence electrons. The van der Waals surface area contributed by atoms with Gasteiger partial charge in [0.2, 0.25) is 0 Å². The molecule has 3 rings (SSSR count). The molecule has 0 atom stereocenters. The summed E-state index contributed by atoms with van der Waals surface area (Å²) >= 11 is 0. The fourth-order valence-corrected chi connectivity index (χ4v) is 2.64. The van der Waals surface area contributed by atoms with Gasteiger partial charge in [0.1, 0.15) is 17.2 Å². The van der Waals surface area contributed by atoms with E-state index in [0.29, 0.717) is 23.0 Å². The minimum absolute atomic E-state index is 0.0707. The third kappa shape index (κ3) is 5.49. The molecule has 0 spiro atoms. The Morgan fingerprint density at radius 3 is 1.57 bits per heavy atom. The van der Waals surface area contributed by atoms with Gasteiger partial charge in [-0.25, -0.2) is 4.98 Å². The number of rotatable bonds is 5. The molecule has 0 aliphatic carbocycles. The predicted molar refractivity (Wildman–Crippen MR) is 93.9 cm³/mol. The molecule has 10 heteroatoms. The van der Waals surface area contributed by atoms with Gasteiger partial charge in [-0.2, -0.15) is 0 Å². The van der Waals surface area contributed by atoms with E-state index in [0.717, 1.165) is 24.3 Å². The van der Waals surface area contributed by atoms with E-state index < -0.39 is 24.2 Å². The van der Waals surface area contributed by atoms with Gasteiger partial charge in [0.05, 0.1) is 5.69 Å². The highest BCUT2D eigenvalue weighted by Crippen LogP contribution is 2.34. The molecule has 0 fully saturated rings. The molecule has 4 nitrogen and oxygen atoms in total. The summed E-state index contributed by atoms with van der Waals surface area (Å²) in [4.78, 5) is 15.3. The summed E-state index contributed by atoms with van der Waals surface area (Å²) in [7, 11) is 0. The number of aromatic nitrogens is 1. The lowest BCUT2D eigenvalue weighted by molar-refractivity contribution is -0.275. The number of carbonyl (C=O) groups excluding carboxylic acids is 1. The van der Waals surface area contributed by atoms with Gasteiger partial charge in [0, 0.05) is 11.1 Å². The Morgan fingerprint density at radius 1 is 0.667 bits per heavy atom. The molecule has 0 aliphatic rings. The molecule has 1 aromatic heterocycles. The van der Waals surface area contributed by atoms with Gasteiger partial charge in [-0.1, -0.05) is 12.1 Å². The van der Waals surface area contributed by atoms with E-state index in [1.807, 2.05) is 0 Å². The van der Waals surface area contributed by atoms with Crippen molar-refractivity contribution in [3.63, 3.8) is 0 Å². The number of alkyl halides is 6. The predicted octanol–water partition coefficient (Wildman–Crippen LogP) is 6.03. The van der Waals surface area contributed by atoms with Gasteiger partial charge in [0.15, 0.2) is 6.29 Å². The van der Waals surface area contributed by atoms with Crippen molar-refractivity contribution in [3.8, 4) is 33.9 Å². The second kappa shape index (κ2) is 8.05. The topological polar surface area (TPSA) is 48.4 Å². The quantitative estimate of drug-likeness (QED) is 0.369. The first kappa shape index (κ1) is 21.2. The van der Waals surface area contributed by atoms with Crippen LogP contribution >= 0.6 is 0 Å². The van der Waals surface area contributed by atoms with Gasteiger partial charge < -0.3 is 9.47 Å². The van der Waals surface area contributed by atoms with E-state index in [9.17, 15) is 31.1 Å². The van der Waals surface area contributed by atoms with Crippen molar-refractivity contribution < 1.29 is 40.6 Å². The van der Waals surface area contributed by atoms with Crippen LogP contribution in [0, 0.1) is 0 Å². The molecule has 0 saturated carbocycles. The standard InChI is InChI=1S/C20H11F6NO3/c21-19(22,23)29-15-6-1-12(2-7-15)17-10-5-14(11-28)27-18(17)13-3-8-16(9-4-13)30-20(24,25)26/h1-11H. The maximum absolute atomic E-state index is 12.3. The fourth-order valence-electron chi connectivity index (χ4n) is 2.64. The van der Waals surface area contributed by atoms with Crippen molar-refractivity contribution in [2.75, 3.05) is 0 Å². The summed E-state index contributed by atoms with van der Waals surface area (Å²) in [6, 6.07) is 12.7. The smallest absolute Gasteiger partial charge is 0.406 e. The second-order valence-corrected chi connectivity index (χ2v) is 5.89. The highest BCUT2D eigenvalue weighted by atomic mass is 19.4. The zero-order valence-electron chi connectivity index (χ0n) is 14.8. The molecule has 0 radical (unpaired) electrons. The molecule has 0 unspecified atom stereocenters. The fraction of sp³-hybridized carbons (Fsp3) is 0.100. The van der Waals surface area contributed by atoms with Crippen LogP contribution in [0.15, 0.2) is 60.7 Å². The van der Waals surface area contributed by atoms with Crippen LogP contribution in [0.1, 0.15) is 10.5 Å². The molecule has 0 N–H and O–H groups in total. The number of benzene rings is 2. The van der Waals surface area contributed by atoms with Crippen LogP contribution in [-0.2, 0) is 0 Å². The van der Waals surface area contributed by atoms with Crippen LogP contribution in [-0.4, -0.2) is 24.0 Å². The Hall–Kier alpha value is -3.56. The third-order valence-electron chi connectivity index (χ3n) is 3.80. The summed E-state index contributed by atoms with van der Waals surface area (Å²) in [5.74, 6) is -0.855. The summed E-state index contributed by atoms with van der Waals surface area (Å²) in [5, 5.41) is 0. The van der Waals surface area contributed by atoms with Gasteiger partial charge in [-0.15, -0.1) is 26.3 Å². The number of pyridine rings is 1. The number of hydrogen-bond acceptors (Lipinski definition) is 4. The van der Waals surface area contributed by atoms with Crippen LogP contribution in [0.4, 0.5) is 26.3 Å². The largest absolute Gasteiger partial charge is 0.573 e. The SMILES string of the molecule is O=Cc1ccc(-c2ccc(OC(F)(F)F)cc2)c(-c2ccc(OC(F)(F)F)cc2)n1. The van der Waals surface area contributed by atoms with Gasteiger partial charge >= 0.3 is 12.7 Å². The Bertz CT molecular complexity index is 1030. The molecular formula is C20H11F6NO3. The number of hydrogen-bond donors (Lipinski definition) is 0. The van der Waals surface area contributed by atoms with Crippen molar-refractivity contribution >= 4 is 6.29 Å². The normalized spacial score (nSPS) is 11.8. The number of aldehydes is 1. The summed E-state index contributed by atoms with van der Waals surface area (Å²) in [5.41, 5.74) is 1.60. The van der Waals surface area contributed by atoms with Gasteiger partial charge in [-0.05, 0) is 54.1 Å². The van der Waals surface area contributed by atoms with E-state index in [1.165, 1.54) is 36.4 Å². The van der Waals surface area contributed by atoms with E-state index in [2.05, 4.69) is 14.5 Å². The van der Waals surface area contributed by atoms with Crippen LogP contribution in [0.3, 0.4) is 0 Å². The minimum atomic E-state index is -4.84. The molecule has 1 heterocycles. The van der Waals surface area contributed by atoms with E-state index >= 15 is 0 Å². The zero-order chi connectivity index (χ0) is 21.9. The lowest BCUT2D eigenvalue weighted by Crippen LogP contribution is -2.17. The maximum atomic E-state index is 12.3. The van der Waals surface area contributed by atoms with Crippen molar-refractivity contribution in [2.24, 2.45) is 0 Å². The first-order valence-corrected chi connectivity index (χ1v) is 8.23. The first-order chi connectivity index (χ1) is 14.0. The first-order valence-electron chi connectivity index (χ1n) is 8.23. The molecular weight excluding hydrogens is 416 g/mol. The highest BCUT2D eigenvalue weighted by molar-refractivity contribution is 5.84. The minimum Gasteiger partial charge on any atom is -0.406 e. The Kier molecular flexibility index (Phi) is 5.68. The number of halogens is 6. The van der Waals surface area contributed by atoms with E-state index in [1.54, 1.807) is 0 Å². The van der Waals surface area contributed by atoms with Crippen molar-refractivity contribution in [2.45, 2.75) is 12.7 Å². The Balaban J connectivity index is 1.98. The summed E-state index contributed by atoms with van der Waals surface area (Å²) in [6.45, 7) is 0. The lowest BCUT2D eigenvalue weighted by atomic mass is 9.98. The average Bonchev–Trinajstić information content (AvgIpc) is 2.66. The van der Waals surface area contributed by atoms with Crippen molar-refractivity contribution in [1.82, 2.24) is 4.98 Å². The third-order valence-corrected chi connectivity index (χ3v) is 3.80. The zero-order valence-corrected chi connectivity index (χ0v) is 14.8. The number of ether oxygens (including phenoxy) is 2. The van der Waals surface area contributed by atoms with Crippen LogP contribution in [0.2, 0.25) is 0 Å². The molecule has 2 aromatic carbocycles. The molecule has 0 amide bonds. The monoisotopic (exact) mass is 427 g/mol. The number of nitrogens with zero attached hydrogens (tertiary/aromatic N) is 1. The second-order valence-electron chi connectivity index (χ2n) is 5.89. The van der Waals surface area contributed by atoms with Crippen LogP contribution in [0.5, 0.6) is 11.5 Å². The molecule has 30 heavy (non-hydrogen) atoms. The maximum Gasteiger partial charge on any atom is 0.573 e. The van der Waals surface area contributed by atoms with Crippen molar-refractivity contribution in [1.29, 1.82) is 0 Å². The number of carbonyl (C=O) groups is 1.